The first-order valence-electron chi connectivity index (χ1n) is 9.58. The zero-order valence-corrected chi connectivity index (χ0v) is 15.4. The highest BCUT2D eigenvalue weighted by Crippen LogP contribution is 2.30. The Morgan fingerprint density at radius 2 is 2.07 bits per heavy atom. The van der Waals surface area contributed by atoms with E-state index in [1.165, 1.54) is 24.8 Å². The van der Waals surface area contributed by atoms with Gasteiger partial charge in [-0.2, -0.15) is 10.1 Å². The number of ether oxygens (including phenoxy) is 1. The molecular weight excluding hydrogens is 342 g/mol. The molecule has 3 aromatic rings. The summed E-state index contributed by atoms with van der Waals surface area (Å²) < 4.78 is 11.5. The third kappa shape index (κ3) is 3.28. The normalized spacial score (nSPS) is 23.3. The van der Waals surface area contributed by atoms with E-state index in [9.17, 15) is 0 Å². The van der Waals surface area contributed by atoms with Crippen LogP contribution < -0.4 is 0 Å². The molecule has 7 heteroatoms. The molecule has 0 radical (unpaired) electrons. The molecule has 2 aliphatic heterocycles. The number of rotatable bonds is 3. The topological polar surface area (TPSA) is 80.1 Å². The van der Waals surface area contributed by atoms with Crippen molar-refractivity contribution in [1.82, 2.24) is 25.2 Å². The van der Waals surface area contributed by atoms with E-state index in [1.54, 1.807) is 0 Å². The molecule has 0 aliphatic carbocycles. The second-order valence-corrected chi connectivity index (χ2v) is 7.46. The molecule has 2 saturated heterocycles. The first-order valence-corrected chi connectivity index (χ1v) is 9.58. The molecule has 2 aliphatic rings. The minimum atomic E-state index is -0.128. The van der Waals surface area contributed by atoms with Gasteiger partial charge in [-0.3, -0.25) is 10.00 Å². The lowest BCUT2D eigenvalue weighted by molar-refractivity contribution is -0.0805. The van der Waals surface area contributed by atoms with Crippen LogP contribution in [0.25, 0.3) is 22.8 Å². The molecule has 7 nitrogen and oxygen atoms in total. The fourth-order valence-corrected chi connectivity index (χ4v) is 3.92. The van der Waals surface area contributed by atoms with Crippen molar-refractivity contribution in [2.75, 3.05) is 19.7 Å². The van der Waals surface area contributed by atoms with Crippen molar-refractivity contribution in [2.24, 2.45) is 0 Å². The van der Waals surface area contributed by atoms with E-state index in [1.807, 2.05) is 6.07 Å². The smallest absolute Gasteiger partial charge is 0.276 e. The number of morpholine rings is 1. The van der Waals surface area contributed by atoms with E-state index in [4.69, 9.17) is 9.26 Å². The Bertz CT molecular complexity index is 917. The van der Waals surface area contributed by atoms with E-state index < -0.39 is 0 Å². The predicted molar refractivity (Wildman–Crippen MR) is 100.0 cm³/mol. The number of H-pyrrole nitrogens is 1. The molecule has 0 amide bonds. The molecule has 2 atom stereocenters. The van der Waals surface area contributed by atoms with E-state index in [-0.39, 0.29) is 6.10 Å². The van der Waals surface area contributed by atoms with Gasteiger partial charge in [0.05, 0.1) is 12.3 Å². The van der Waals surface area contributed by atoms with Gasteiger partial charge in [0.15, 0.2) is 0 Å². The molecule has 0 saturated carbocycles. The molecular formula is C20H23N5O2. The van der Waals surface area contributed by atoms with Crippen molar-refractivity contribution in [2.45, 2.75) is 38.3 Å². The Kier molecular flexibility index (Phi) is 4.26. The Morgan fingerprint density at radius 3 is 2.96 bits per heavy atom. The number of aromatic amines is 1. The number of fused-ring (bicyclic) bond motifs is 1. The maximum absolute atomic E-state index is 6.02. The Hall–Kier alpha value is -2.51. The van der Waals surface area contributed by atoms with Crippen molar-refractivity contribution >= 4 is 0 Å². The third-order valence-electron chi connectivity index (χ3n) is 5.52. The molecule has 0 bridgehead atoms. The highest BCUT2D eigenvalue weighted by molar-refractivity contribution is 5.64. The number of nitrogens with one attached hydrogen (secondary N) is 1. The standard InChI is InChI=1S/C20H23N5O2/c1-13-5-7-14(8-6-13)16-10-17(23-22-16)20-21-19(24-27-20)18-11-25-9-3-2-4-15(25)12-26-18/h5-8,10,15,18H,2-4,9,11-12H2,1H3,(H,22,23)/t15?,18-/m1/s1. The van der Waals surface area contributed by atoms with Crippen LogP contribution in [0.1, 0.15) is 36.8 Å². The summed E-state index contributed by atoms with van der Waals surface area (Å²) in [4.78, 5) is 7.06. The molecule has 140 valence electrons. The van der Waals surface area contributed by atoms with Crippen LogP contribution in [0.2, 0.25) is 0 Å². The van der Waals surface area contributed by atoms with Gasteiger partial charge in [0.25, 0.3) is 5.89 Å². The van der Waals surface area contributed by atoms with Crippen molar-refractivity contribution < 1.29 is 9.26 Å². The van der Waals surface area contributed by atoms with E-state index in [0.717, 1.165) is 36.6 Å². The molecule has 5 rings (SSSR count). The maximum atomic E-state index is 6.02. The van der Waals surface area contributed by atoms with Gasteiger partial charge in [0.1, 0.15) is 11.8 Å². The lowest BCUT2D eigenvalue weighted by Gasteiger charge is -2.41. The first-order chi connectivity index (χ1) is 13.3. The number of benzene rings is 1. The molecule has 0 spiro atoms. The number of hydrogen-bond donors (Lipinski definition) is 1. The number of nitrogens with zero attached hydrogens (tertiary/aromatic N) is 4. The first kappa shape index (κ1) is 16.6. The Balaban J connectivity index is 1.33. The molecule has 2 aromatic heterocycles. The second kappa shape index (κ2) is 6.90. The fourth-order valence-electron chi connectivity index (χ4n) is 3.92. The van der Waals surface area contributed by atoms with Gasteiger partial charge < -0.3 is 9.26 Å². The van der Waals surface area contributed by atoms with Gasteiger partial charge in [0.2, 0.25) is 5.82 Å². The summed E-state index contributed by atoms with van der Waals surface area (Å²) in [6, 6.07) is 10.7. The minimum absolute atomic E-state index is 0.128. The average molecular weight is 365 g/mol. The van der Waals surface area contributed by atoms with E-state index in [2.05, 4.69) is 56.4 Å². The van der Waals surface area contributed by atoms with E-state index >= 15 is 0 Å². The largest absolute Gasteiger partial charge is 0.367 e. The summed E-state index contributed by atoms with van der Waals surface area (Å²) in [5.41, 5.74) is 3.85. The second-order valence-electron chi connectivity index (χ2n) is 7.46. The van der Waals surface area contributed by atoms with Gasteiger partial charge in [0, 0.05) is 18.2 Å². The number of aromatic nitrogens is 4. The SMILES string of the molecule is Cc1ccc(-c2cc(-c3nc([C@H]4CN5CCCCC5CO4)no3)[nH]n2)cc1. The molecule has 4 heterocycles. The fraction of sp³-hybridized carbons (Fsp3) is 0.450. The summed E-state index contributed by atoms with van der Waals surface area (Å²) in [7, 11) is 0. The van der Waals surface area contributed by atoms with Crippen molar-refractivity contribution in [1.29, 1.82) is 0 Å². The zero-order chi connectivity index (χ0) is 18.2. The number of aryl methyl sites for hydroxylation is 1. The zero-order valence-electron chi connectivity index (χ0n) is 15.4. The van der Waals surface area contributed by atoms with E-state index in [0.29, 0.717) is 17.8 Å². The highest BCUT2D eigenvalue weighted by Gasteiger charge is 2.33. The summed E-state index contributed by atoms with van der Waals surface area (Å²) in [6.45, 7) is 4.78. The lowest BCUT2D eigenvalue weighted by Crippen LogP contribution is -2.49. The summed E-state index contributed by atoms with van der Waals surface area (Å²) >= 11 is 0. The van der Waals surface area contributed by atoms with Crippen molar-refractivity contribution in [3.63, 3.8) is 0 Å². The van der Waals surface area contributed by atoms with Gasteiger partial charge >= 0.3 is 0 Å². The van der Waals surface area contributed by atoms with Crippen LogP contribution in [0, 0.1) is 6.92 Å². The van der Waals surface area contributed by atoms with Crippen molar-refractivity contribution in [3.8, 4) is 22.8 Å². The van der Waals surface area contributed by atoms with Gasteiger partial charge in [-0.05, 0) is 32.4 Å². The monoisotopic (exact) mass is 365 g/mol. The average Bonchev–Trinajstić information content (AvgIpc) is 3.38. The quantitative estimate of drug-likeness (QED) is 0.767. The molecule has 27 heavy (non-hydrogen) atoms. The molecule has 1 N–H and O–H groups in total. The highest BCUT2D eigenvalue weighted by atomic mass is 16.5. The molecule has 1 aromatic carbocycles. The lowest BCUT2D eigenvalue weighted by atomic mass is 10.0. The van der Waals surface area contributed by atoms with Crippen molar-refractivity contribution in [3.05, 3.63) is 41.7 Å². The van der Waals surface area contributed by atoms with Crippen LogP contribution in [0.15, 0.2) is 34.9 Å². The molecule has 1 unspecified atom stereocenters. The van der Waals surface area contributed by atoms with Crippen LogP contribution >= 0.6 is 0 Å². The summed E-state index contributed by atoms with van der Waals surface area (Å²) in [5.74, 6) is 1.06. The van der Waals surface area contributed by atoms with Gasteiger partial charge in [-0.15, -0.1) is 0 Å². The Morgan fingerprint density at radius 1 is 1.19 bits per heavy atom. The predicted octanol–water partition coefficient (Wildman–Crippen LogP) is 3.36. The number of hydrogen-bond acceptors (Lipinski definition) is 6. The van der Waals surface area contributed by atoms with Crippen LogP contribution in [-0.2, 0) is 4.74 Å². The molecule has 2 fully saturated rings. The van der Waals surface area contributed by atoms with Crippen LogP contribution in [0.3, 0.4) is 0 Å². The third-order valence-corrected chi connectivity index (χ3v) is 5.52. The van der Waals surface area contributed by atoms with Gasteiger partial charge in [-0.1, -0.05) is 41.4 Å². The van der Waals surface area contributed by atoms with Gasteiger partial charge in [-0.25, -0.2) is 0 Å². The summed E-state index contributed by atoms with van der Waals surface area (Å²) in [5, 5.41) is 11.5. The van der Waals surface area contributed by atoms with Crippen LogP contribution in [0.4, 0.5) is 0 Å². The number of piperidine rings is 1. The van der Waals surface area contributed by atoms with Crippen LogP contribution in [0.5, 0.6) is 0 Å². The minimum Gasteiger partial charge on any atom is -0.367 e. The summed E-state index contributed by atoms with van der Waals surface area (Å²) in [6.07, 6.45) is 3.65. The Labute approximate surface area is 157 Å². The maximum Gasteiger partial charge on any atom is 0.276 e. The van der Waals surface area contributed by atoms with Crippen LogP contribution in [-0.4, -0.2) is 51.0 Å².